The predicted octanol–water partition coefficient (Wildman–Crippen LogP) is 22.9. The standard InChI is InChI=1S/C72H139NO5/c1-3-5-7-9-11-13-15-17-19-37-40-44-48-52-56-60-64-70(75)69(68-74)73-71(76)65-61-57-53-49-45-41-38-34-32-30-28-26-24-22-20-21-23-25-27-29-31-33-35-39-43-47-51-55-59-63-67-78-72(77)66-62-58-54-50-46-42-36-18-16-14-12-10-8-6-4-2/h12,14,18,36,69-70,74-75H,3-11,13,15-17,19-35,37-68H2,1-2H3,(H,73,76)/b14-12-,36-18-. The number of aliphatic hydroxyl groups excluding tert-OH is 2. The van der Waals surface area contributed by atoms with E-state index < -0.39 is 12.1 Å². The first-order chi connectivity index (χ1) is 38.5. The number of unbranched alkanes of at least 4 members (excludes halogenated alkanes) is 52. The number of allylic oxidation sites excluding steroid dienone is 4. The second-order valence-corrected chi connectivity index (χ2v) is 24.6. The van der Waals surface area contributed by atoms with Gasteiger partial charge >= 0.3 is 5.97 Å². The van der Waals surface area contributed by atoms with Gasteiger partial charge in [0.1, 0.15) is 0 Å². The number of aliphatic hydroxyl groups is 2. The molecule has 0 aromatic heterocycles. The van der Waals surface area contributed by atoms with E-state index >= 15 is 0 Å². The molecule has 0 saturated heterocycles. The van der Waals surface area contributed by atoms with E-state index in [0.717, 1.165) is 51.4 Å². The van der Waals surface area contributed by atoms with Crippen LogP contribution in [0.5, 0.6) is 0 Å². The maximum Gasteiger partial charge on any atom is 0.305 e. The maximum absolute atomic E-state index is 12.5. The summed E-state index contributed by atoms with van der Waals surface area (Å²) < 4.78 is 5.49. The Morgan fingerprint density at radius 2 is 0.641 bits per heavy atom. The number of rotatable bonds is 67. The van der Waals surface area contributed by atoms with Crippen LogP contribution in [0.2, 0.25) is 0 Å². The summed E-state index contributed by atoms with van der Waals surface area (Å²) >= 11 is 0. The minimum Gasteiger partial charge on any atom is -0.466 e. The van der Waals surface area contributed by atoms with Crippen LogP contribution < -0.4 is 5.32 Å². The summed E-state index contributed by atoms with van der Waals surface area (Å²) in [5.41, 5.74) is 0. The summed E-state index contributed by atoms with van der Waals surface area (Å²) in [6, 6.07) is -0.538. The molecule has 0 aliphatic heterocycles. The Balaban J connectivity index is 3.33. The SMILES string of the molecule is CCCCC/C=C\C/C=C\CCCCCCCC(=O)OCCCCCCCCCCCCCCCCCCCCCCCCCCCCCCCCC(=O)NC(CO)C(O)CCCCCCCCCCCCCCCCCC. The highest BCUT2D eigenvalue weighted by Gasteiger charge is 2.20. The molecule has 3 N–H and O–H groups in total. The molecular formula is C72H139NO5. The quantitative estimate of drug-likeness (QED) is 0.0320. The molecule has 0 aliphatic carbocycles. The summed E-state index contributed by atoms with van der Waals surface area (Å²) in [6.07, 6.45) is 85.2. The summed E-state index contributed by atoms with van der Waals surface area (Å²) in [5, 5.41) is 23.4. The molecule has 2 unspecified atom stereocenters. The molecule has 1 amide bonds. The molecule has 2 atom stereocenters. The number of carbonyl (C=O) groups excluding carboxylic acids is 2. The van der Waals surface area contributed by atoms with Crippen LogP contribution in [0.4, 0.5) is 0 Å². The Hall–Kier alpha value is -1.66. The van der Waals surface area contributed by atoms with Gasteiger partial charge in [-0.3, -0.25) is 9.59 Å². The van der Waals surface area contributed by atoms with Crippen molar-refractivity contribution in [2.24, 2.45) is 0 Å². The largest absolute Gasteiger partial charge is 0.466 e. The van der Waals surface area contributed by atoms with Crippen molar-refractivity contribution in [2.45, 2.75) is 411 Å². The summed E-state index contributed by atoms with van der Waals surface area (Å²) in [4.78, 5) is 24.6. The van der Waals surface area contributed by atoms with E-state index in [4.69, 9.17) is 4.74 Å². The molecule has 6 heteroatoms. The lowest BCUT2D eigenvalue weighted by Crippen LogP contribution is -2.45. The van der Waals surface area contributed by atoms with Crippen molar-refractivity contribution in [3.8, 4) is 0 Å². The lowest BCUT2D eigenvalue weighted by atomic mass is 10.0. The number of carbonyl (C=O) groups is 2. The molecule has 78 heavy (non-hydrogen) atoms. The second kappa shape index (κ2) is 67.8. The van der Waals surface area contributed by atoms with E-state index in [1.807, 2.05) is 0 Å². The van der Waals surface area contributed by atoms with Crippen LogP contribution in [-0.2, 0) is 14.3 Å². The molecule has 0 aromatic rings. The Kier molecular flexibility index (Phi) is 66.4. The van der Waals surface area contributed by atoms with Crippen LogP contribution in [0.1, 0.15) is 399 Å². The number of nitrogens with one attached hydrogen (secondary N) is 1. The van der Waals surface area contributed by atoms with Gasteiger partial charge in [0, 0.05) is 12.8 Å². The van der Waals surface area contributed by atoms with Gasteiger partial charge in [0.25, 0.3) is 0 Å². The number of amides is 1. The first-order valence-corrected chi connectivity index (χ1v) is 35.6. The zero-order chi connectivity index (χ0) is 56.4. The molecule has 0 radical (unpaired) electrons. The van der Waals surface area contributed by atoms with Crippen LogP contribution in [0.15, 0.2) is 24.3 Å². The molecule has 0 rings (SSSR count). The first kappa shape index (κ1) is 76.3. The minimum absolute atomic E-state index is 0.00668. The fourth-order valence-electron chi connectivity index (χ4n) is 11.3. The number of esters is 1. The topological polar surface area (TPSA) is 95.9 Å². The third kappa shape index (κ3) is 63.5. The fraction of sp³-hybridized carbons (Fsp3) is 0.917. The van der Waals surface area contributed by atoms with E-state index in [-0.39, 0.29) is 18.5 Å². The van der Waals surface area contributed by atoms with Crippen molar-refractivity contribution in [3.63, 3.8) is 0 Å². The van der Waals surface area contributed by atoms with E-state index in [9.17, 15) is 19.8 Å². The van der Waals surface area contributed by atoms with Crippen molar-refractivity contribution in [1.82, 2.24) is 5.32 Å². The van der Waals surface area contributed by atoms with Crippen LogP contribution in [0.25, 0.3) is 0 Å². The van der Waals surface area contributed by atoms with Crippen molar-refractivity contribution >= 4 is 11.9 Å². The van der Waals surface area contributed by atoms with Crippen molar-refractivity contribution in [1.29, 1.82) is 0 Å². The van der Waals surface area contributed by atoms with Gasteiger partial charge < -0.3 is 20.3 Å². The summed E-state index contributed by atoms with van der Waals surface area (Å²) in [6.45, 7) is 4.96. The average Bonchev–Trinajstić information content (AvgIpc) is 3.44. The van der Waals surface area contributed by atoms with Crippen molar-refractivity contribution in [2.75, 3.05) is 13.2 Å². The zero-order valence-corrected chi connectivity index (χ0v) is 52.9. The Labute approximate surface area is 488 Å². The fourth-order valence-corrected chi connectivity index (χ4v) is 11.3. The number of ether oxygens (including phenoxy) is 1. The van der Waals surface area contributed by atoms with E-state index in [1.54, 1.807) is 0 Å². The molecule has 462 valence electrons. The van der Waals surface area contributed by atoms with Gasteiger partial charge in [-0.25, -0.2) is 0 Å². The van der Waals surface area contributed by atoms with Crippen LogP contribution in [0, 0.1) is 0 Å². The molecule has 0 spiro atoms. The molecular weight excluding hydrogens is 959 g/mol. The van der Waals surface area contributed by atoms with Gasteiger partial charge in [-0.15, -0.1) is 0 Å². The van der Waals surface area contributed by atoms with Crippen molar-refractivity contribution in [3.05, 3.63) is 24.3 Å². The third-order valence-corrected chi connectivity index (χ3v) is 16.8. The Morgan fingerprint density at radius 1 is 0.359 bits per heavy atom. The lowest BCUT2D eigenvalue weighted by Gasteiger charge is -2.22. The van der Waals surface area contributed by atoms with E-state index in [2.05, 4.69) is 43.5 Å². The highest BCUT2D eigenvalue weighted by molar-refractivity contribution is 5.76. The Morgan fingerprint density at radius 3 is 1.00 bits per heavy atom. The van der Waals surface area contributed by atoms with E-state index in [1.165, 1.54) is 315 Å². The molecule has 6 nitrogen and oxygen atoms in total. The van der Waals surface area contributed by atoms with Crippen LogP contribution >= 0.6 is 0 Å². The maximum atomic E-state index is 12.5. The lowest BCUT2D eigenvalue weighted by molar-refractivity contribution is -0.143. The van der Waals surface area contributed by atoms with Gasteiger partial charge in [-0.05, 0) is 57.8 Å². The molecule has 0 heterocycles. The zero-order valence-electron chi connectivity index (χ0n) is 52.9. The average molecular weight is 1100 g/mol. The third-order valence-electron chi connectivity index (χ3n) is 16.8. The monoisotopic (exact) mass is 1100 g/mol. The smallest absolute Gasteiger partial charge is 0.305 e. The number of hydrogen-bond donors (Lipinski definition) is 3. The molecule has 0 aromatic carbocycles. The highest BCUT2D eigenvalue weighted by Crippen LogP contribution is 2.19. The number of hydrogen-bond acceptors (Lipinski definition) is 5. The highest BCUT2D eigenvalue weighted by atomic mass is 16.5. The van der Waals surface area contributed by atoms with Crippen LogP contribution in [0.3, 0.4) is 0 Å². The molecule has 0 fully saturated rings. The first-order valence-electron chi connectivity index (χ1n) is 35.6. The normalized spacial score (nSPS) is 12.6. The van der Waals surface area contributed by atoms with Gasteiger partial charge in [-0.1, -0.05) is 353 Å². The van der Waals surface area contributed by atoms with Crippen LogP contribution in [-0.4, -0.2) is 47.4 Å². The predicted molar refractivity (Wildman–Crippen MR) is 343 cm³/mol. The van der Waals surface area contributed by atoms with Gasteiger partial charge in [0.05, 0.1) is 25.4 Å². The van der Waals surface area contributed by atoms with Crippen molar-refractivity contribution < 1.29 is 24.5 Å². The minimum atomic E-state index is -0.661. The summed E-state index contributed by atoms with van der Waals surface area (Å²) in [7, 11) is 0. The van der Waals surface area contributed by atoms with Gasteiger partial charge in [-0.2, -0.15) is 0 Å². The molecule has 0 aliphatic rings. The molecule has 0 bridgehead atoms. The second-order valence-electron chi connectivity index (χ2n) is 24.6. The Bertz CT molecular complexity index is 1220. The van der Waals surface area contributed by atoms with E-state index in [0.29, 0.717) is 25.9 Å². The molecule has 0 saturated carbocycles. The van der Waals surface area contributed by atoms with Gasteiger partial charge in [0.15, 0.2) is 0 Å². The van der Waals surface area contributed by atoms with Gasteiger partial charge in [0.2, 0.25) is 5.91 Å². The summed E-state index contributed by atoms with van der Waals surface area (Å²) in [5.74, 6) is -0.0211.